The van der Waals surface area contributed by atoms with E-state index in [1.807, 2.05) is 11.0 Å². The number of carbonyl (C=O) groups excluding carboxylic acids is 2. The van der Waals surface area contributed by atoms with Crippen LogP contribution < -0.4 is 10.2 Å². The van der Waals surface area contributed by atoms with Crippen LogP contribution >= 0.6 is 0 Å². The largest absolute Gasteiger partial charge is 0.353 e. The lowest BCUT2D eigenvalue weighted by Crippen LogP contribution is -2.45. The summed E-state index contributed by atoms with van der Waals surface area (Å²) < 4.78 is 0. The molecule has 1 fully saturated rings. The van der Waals surface area contributed by atoms with Gasteiger partial charge in [0, 0.05) is 57.8 Å². The van der Waals surface area contributed by atoms with Crippen molar-refractivity contribution in [3.05, 3.63) is 29.8 Å². The lowest BCUT2D eigenvalue weighted by molar-refractivity contribution is -0.128. The lowest BCUT2D eigenvalue weighted by atomic mass is 9.98. The van der Waals surface area contributed by atoms with E-state index in [0.717, 1.165) is 50.5 Å². The first-order valence-electron chi connectivity index (χ1n) is 11.1. The maximum atomic E-state index is 12.1. The van der Waals surface area contributed by atoms with Crippen LogP contribution in [0.25, 0.3) is 0 Å². The molecule has 1 aromatic carbocycles. The van der Waals surface area contributed by atoms with Gasteiger partial charge in [0.15, 0.2) is 5.96 Å². The fourth-order valence-electron chi connectivity index (χ4n) is 4.01. The van der Waals surface area contributed by atoms with Crippen molar-refractivity contribution in [3.8, 4) is 0 Å². The number of para-hydroxylation sites is 1. The van der Waals surface area contributed by atoms with Gasteiger partial charge in [-0.15, -0.1) is 0 Å². The van der Waals surface area contributed by atoms with Gasteiger partial charge in [-0.1, -0.05) is 25.1 Å². The first-order chi connectivity index (χ1) is 14.4. The zero-order valence-corrected chi connectivity index (χ0v) is 18.7. The fraction of sp³-hybridized carbons (Fsp3) is 0.609. The van der Waals surface area contributed by atoms with Crippen LogP contribution in [0.1, 0.15) is 51.0 Å². The van der Waals surface area contributed by atoms with E-state index < -0.39 is 0 Å². The first kappa shape index (κ1) is 22.1. The molecule has 0 aliphatic carbocycles. The van der Waals surface area contributed by atoms with Gasteiger partial charge >= 0.3 is 0 Å². The predicted molar refractivity (Wildman–Crippen MR) is 121 cm³/mol. The highest BCUT2D eigenvalue weighted by molar-refractivity contribution is 5.99. The summed E-state index contributed by atoms with van der Waals surface area (Å²) in [5.41, 5.74) is 2.43. The molecule has 0 saturated carbocycles. The number of aliphatic imine (C=N–C) groups is 1. The van der Waals surface area contributed by atoms with Crippen molar-refractivity contribution >= 4 is 23.5 Å². The van der Waals surface area contributed by atoms with Gasteiger partial charge in [-0.3, -0.25) is 9.59 Å². The molecule has 1 aromatic rings. The van der Waals surface area contributed by atoms with Crippen molar-refractivity contribution in [2.75, 3.05) is 45.2 Å². The zero-order valence-electron chi connectivity index (χ0n) is 18.7. The average molecular weight is 414 g/mol. The van der Waals surface area contributed by atoms with E-state index >= 15 is 0 Å². The molecule has 0 bridgehead atoms. The molecule has 2 unspecified atom stereocenters. The normalized spacial score (nSPS) is 19.8. The van der Waals surface area contributed by atoms with E-state index in [1.54, 1.807) is 19.0 Å². The number of rotatable bonds is 7. The molecule has 2 amide bonds. The Morgan fingerprint density at radius 3 is 2.77 bits per heavy atom. The molecule has 2 heterocycles. The Morgan fingerprint density at radius 1 is 1.33 bits per heavy atom. The lowest BCUT2D eigenvalue weighted by Gasteiger charge is -2.26. The van der Waals surface area contributed by atoms with Gasteiger partial charge in [-0.05, 0) is 37.8 Å². The predicted octanol–water partition coefficient (Wildman–Crippen LogP) is 2.44. The second kappa shape index (κ2) is 9.96. The number of benzene rings is 1. The third-order valence-corrected chi connectivity index (χ3v) is 6.10. The van der Waals surface area contributed by atoms with E-state index in [1.165, 1.54) is 5.56 Å². The van der Waals surface area contributed by atoms with Crippen molar-refractivity contribution < 1.29 is 9.59 Å². The minimum atomic E-state index is -0.0185. The number of likely N-dealkylation sites (N-methyl/N-ethyl adjacent to an activating group) is 1. The van der Waals surface area contributed by atoms with Gasteiger partial charge in [-0.2, -0.15) is 0 Å². The summed E-state index contributed by atoms with van der Waals surface area (Å²) in [5.74, 6) is 1.35. The van der Waals surface area contributed by atoms with Crippen molar-refractivity contribution in [2.24, 2.45) is 4.99 Å². The van der Waals surface area contributed by atoms with Gasteiger partial charge in [0.25, 0.3) is 0 Å². The summed E-state index contributed by atoms with van der Waals surface area (Å²) in [6.45, 7) is 6.87. The van der Waals surface area contributed by atoms with Crippen LogP contribution in [0.2, 0.25) is 0 Å². The number of guanidine groups is 1. The van der Waals surface area contributed by atoms with E-state index in [-0.39, 0.29) is 24.4 Å². The smallest absolute Gasteiger partial charge is 0.243 e. The molecular weight excluding hydrogens is 378 g/mol. The van der Waals surface area contributed by atoms with E-state index in [4.69, 9.17) is 0 Å². The summed E-state index contributed by atoms with van der Waals surface area (Å²) in [5, 5.41) is 3.51. The van der Waals surface area contributed by atoms with E-state index in [0.29, 0.717) is 12.3 Å². The molecule has 7 nitrogen and oxygen atoms in total. The van der Waals surface area contributed by atoms with Crippen LogP contribution in [-0.2, 0) is 9.59 Å². The first-order valence-corrected chi connectivity index (χ1v) is 11.1. The van der Waals surface area contributed by atoms with E-state index in [9.17, 15) is 9.59 Å². The Kier molecular flexibility index (Phi) is 7.34. The summed E-state index contributed by atoms with van der Waals surface area (Å²) in [7, 11) is 3.50. The quantitative estimate of drug-likeness (QED) is 0.551. The molecule has 0 aromatic heterocycles. The maximum absolute atomic E-state index is 12.1. The SMILES string of the molecule is CCC(C)NC(=NCC(=O)N(C)C)N1CC(CCN2CCCC2=O)c2ccccc21. The van der Waals surface area contributed by atoms with Crippen molar-refractivity contribution in [2.45, 2.75) is 51.5 Å². The fourth-order valence-corrected chi connectivity index (χ4v) is 4.01. The molecule has 2 aliphatic rings. The zero-order chi connectivity index (χ0) is 21.7. The second-order valence-electron chi connectivity index (χ2n) is 8.52. The Hall–Kier alpha value is -2.57. The Morgan fingerprint density at radius 2 is 2.10 bits per heavy atom. The summed E-state index contributed by atoms with van der Waals surface area (Å²) in [6.07, 6.45) is 3.56. The number of fused-ring (bicyclic) bond motifs is 1. The van der Waals surface area contributed by atoms with Crippen LogP contribution in [0.5, 0.6) is 0 Å². The minimum absolute atomic E-state index is 0.0185. The Bertz CT molecular complexity index is 792. The van der Waals surface area contributed by atoms with Gasteiger partial charge in [0.1, 0.15) is 6.54 Å². The number of likely N-dealkylation sites (tertiary alicyclic amines) is 1. The van der Waals surface area contributed by atoms with Gasteiger partial charge in [0.2, 0.25) is 11.8 Å². The Balaban J connectivity index is 1.79. The van der Waals surface area contributed by atoms with Crippen LogP contribution in [-0.4, -0.2) is 73.9 Å². The number of nitrogens with zero attached hydrogens (tertiary/aromatic N) is 4. The summed E-state index contributed by atoms with van der Waals surface area (Å²) >= 11 is 0. The van der Waals surface area contributed by atoms with Crippen LogP contribution in [0.15, 0.2) is 29.3 Å². The highest BCUT2D eigenvalue weighted by Gasteiger charge is 2.32. The van der Waals surface area contributed by atoms with Gasteiger partial charge < -0.3 is 20.0 Å². The molecule has 7 heteroatoms. The van der Waals surface area contributed by atoms with E-state index in [2.05, 4.69) is 47.3 Å². The molecule has 2 aliphatic heterocycles. The average Bonchev–Trinajstić information content (AvgIpc) is 3.32. The van der Waals surface area contributed by atoms with Gasteiger partial charge in [-0.25, -0.2) is 4.99 Å². The topological polar surface area (TPSA) is 68.2 Å². The molecule has 3 rings (SSSR count). The van der Waals surface area contributed by atoms with Crippen LogP contribution in [0.3, 0.4) is 0 Å². The summed E-state index contributed by atoms with van der Waals surface area (Å²) in [4.78, 5) is 34.6. The highest BCUT2D eigenvalue weighted by atomic mass is 16.2. The second-order valence-corrected chi connectivity index (χ2v) is 8.52. The molecule has 30 heavy (non-hydrogen) atoms. The molecular formula is C23H35N5O2. The van der Waals surface area contributed by atoms with Gasteiger partial charge in [0.05, 0.1) is 0 Å². The van der Waals surface area contributed by atoms with Crippen LogP contribution in [0.4, 0.5) is 5.69 Å². The van der Waals surface area contributed by atoms with Crippen molar-refractivity contribution in [1.82, 2.24) is 15.1 Å². The molecule has 164 valence electrons. The molecule has 0 radical (unpaired) electrons. The number of amides is 2. The number of hydrogen-bond acceptors (Lipinski definition) is 3. The monoisotopic (exact) mass is 413 g/mol. The number of anilines is 1. The number of nitrogens with one attached hydrogen (secondary N) is 1. The minimum Gasteiger partial charge on any atom is -0.353 e. The summed E-state index contributed by atoms with van der Waals surface area (Å²) in [6, 6.07) is 8.68. The third-order valence-electron chi connectivity index (χ3n) is 6.10. The maximum Gasteiger partial charge on any atom is 0.243 e. The highest BCUT2D eigenvalue weighted by Crippen LogP contribution is 2.38. The Labute approximate surface area is 180 Å². The molecule has 2 atom stereocenters. The molecule has 1 saturated heterocycles. The van der Waals surface area contributed by atoms with Crippen molar-refractivity contribution in [1.29, 1.82) is 0 Å². The number of hydrogen-bond donors (Lipinski definition) is 1. The van der Waals surface area contributed by atoms with Crippen LogP contribution in [0, 0.1) is 0 Å². The number of carbonyl (C=O) groups is 2. The standard InChI is InChI=1S/C23H35N5O2/c1-5-17(2)25-23(24-15-22(30)26(3)4)28-16-18(19-9-6-7-10-20(19)28)12-14-27-13-8-11-21(27)29/h6-7,9-10,17-18H,5,8,11-16H2,1-4H3,(H,24,25). The van der Waals surface area contributed by atoms with Crippen molar-refractivity contribution in [3.63, 3.8) is 0 Å². The molecule has 0 spiro atoms. The third kappa shape index (κ3) is 5.12. The molecule has 1 N–H and O–H groups in total.